The molecule has 0 radical (unpaired) electrons. The number of nitrogens with one attached hydrogen (secondary N) is 1. The SMILES string of the molecule is COC(=O)c1cc(Br)sc1NC=C(C(=O)O)C(=O)O. The third-order valence-corrected chi connectivity index (χ3v) is 3.49. The van der Waals surface area contributed by atoms with Gasteiger partial charge in [0.2, 0.25) is 0 Å². The van der Waals surface area contributed by atoms with Gasteiger partial charge in [-0.2, -0.15) is 0 Å². The van der Waals surface area contributed by atoms with E-state index in [0.29, 0.717) is 3.79 Å². The van der Waals surface area contributed by atoms with Crippen LogP contribution >= 0.6 is 27.3 Å². The van der Waals surface area contributed by atoms with E-state index in [9.17, 15) is 14.4 Å². The highest BCUT2D eigenvalue weighted by Crippen LogP contribution is 2.32. The van der Waals surface area contributed by atoms with E-state index in [1.165, 1.54) is 13.2 Å². The van der Waals surface area contributed by atoms with Gasteiger partial charge in [-0.25, -0.2) is 14.4 Å². The van der Waals surface area contributed by atoms with Crippen LogP contribution in [0.15, 0.2) is 21.6 Å². The van der Waals surface area contributed by atoms with Gasteiger partial charge in [-0.3, -0.25) is 0 Å². The molecule has 0 aromatic carbocycles. The summed E-state index contributed by atoms with van der Waals surface area (Å²) < 4.78 is 5.15. The van der Waals surface area contributed by atoms with Crippen LogP contribution in [-0.2, 0) is 14.3 Å². The Morgan fingerprint density at radius 3 is 2.42 bits per heavy atom. The van der Waals surface area contributed by atoms with Gasteiger partial charge < -0.3 is 20.3 Å². The standard InChI is InChI=1S/C10H8BrNO6S/c1-18-10(17)4-2-6(11)19-7(4)12-3-5(8(13)14)9(15)16/h2-3,12H,1H3,(H,13,14)(H,15,16). The first-order valence-corrected chi connectivity index (χ1v) is 6.28. The number of aliphatic carboxylic acids is 2. The van der Waals surface area contributed by atoms with Crippen molar-refractivity contribution >= 4 is 50.2 Å². The Bertz CT molecular complexity index is 548. The monoisotopic (exact) mass is 349 g/mol. The van der Waals surface area contributed by atoms with Crippen LogP contribution < -0.4 is 5.32 Å². The number of thiophene rings is 1. The molecule has 1 heterocycles. The minimum atomic E-state index is -1.59. The predicted molar refractivity (Wildman–Crippen MR) is 70.3 cm³/mol. The number of anilines is 1. The number of hydrogen-bond donors (Lipinski definition) is 3. The zero-order valence-corrected chi connectivity index (χ0v) is 11.9. The average Bonchev–Trinajstić information content (AvgIpc) is 2.69. The number of hydrogen-bond acceptors (Lipinski definition) is 6. The lowest BCUT2D eigenvalue weighted by atomic mass is 10.3. The van der Waals surface area contributed by atoms with Gasteiger partial charge in [0.05, 0.1) is 16.5 Å². The average molecular weight is 350 g/mol. The van der Waals surface area contributed by atoms with Gasteiger partial charge in [-0.1, -0.05) is 0 Å². The Morgan fingerprint density at radius 1 is 1.37 bits per heavy atom. The molecule has 0 atom stereocenters. The van der Waals surface area contributed by atoms with Crippen molar-refractivity contribution in [2.75, 3.05) is 12.4 Å². The van der Waals surface area contributed by atoms with Crippen molar-refractivity contribution in [2.24, 2.45) is 0 Å². The number of carboxylic acids is 2. The second-order valence-electron chi connectivity index (χ2n) is 3.10. The van der Waals surface area contributed by atoms with Gasteiger partial charge in [0, 0.05) is 6.20 Å². The molecule has 0 amide bonds. The first-order valence-electron chi connectivity index (χ1n) is 4.67. The third-order valence-electron chi connectivity index (χ3n) is 1.92. The maximum Gasteiger partial charge on any atom is 0.344 e. The van der Waals surface area contributed by atoms with Crippen molar-refractivity contribution in [3.05, 3.63) is 27.2 Å². The first kappa shape index (κ1) is 15.2. The summed E-state index contributed by atoms with van der Waals surface area (Å²) in [7, 11) is 1.20. The molecule has 0 aliphatic heterocycles. The number of esters is 1. The third kappa shape index (κ3) is 3.80. The lowest BCUT2D eigenvalue weighted by molar-refractivity contribution is -0.140. The maximum atomic E-state index is 11.4. The Labute approximate surface area is 119 Å². The number of carboxylic acid groups (broad SMARTS) is 2. The van der Waals surface area contributed by atoms with Crippen LogP contribution in [0.1, 0.15) is 10.4 Å². The molecule has 1 rings (SSSR count). The Kier molecular flexibility index (Phi) is 5.07. The van der Waals surface area contributed by atoms with Gasteiger partial charge in [-0.05, 0) is 22.0 Å². The van der Waals surface area contributed by atoms with Crippen molar-refractivity contribution in [1.29, 1.82) is 0 Å². The number of ether oxygens (including phenoxy) is 1. The Hall–Kier alpha value is -1.87. The fourth-order valence-electron chi connectivity index (χ4n) is 1.08. The normalized spacial score (nSPS) is 9.58. The molecule has 1 aromatic heterocycles. The van der Waals surface area contributed by atoms with Crippen LogP contribution in [0.2, 0.25) is 0 Å². The number of rotatable bonds is 5. The largest absolute Gasteiger partial charge is 0.477 e. The molecule has 0 aliphatic rings. The van der Waals surface area contributed by atoms with Crippen LogP contribution in [0.3, 0.4) is 0 Å². The lowest BCUT2D eigenvalue weighted by Gasteiger charge is -2.02. The molecular formula is C10H8BrNO6S. The minimum absolute atomic E-state index is 0.172. The van der Waals surface area contributed by atoms with Crippen molar-refractivity contribution in [1.82, 2.24) is 0 Å². The van der Waals surface area contributed by atoms with Crippen LogP contribution in [0.4, 0.5) is 5.00 Å². The quantitative estimate of drug-likeness (QED) is 0.321. The summed E-state index contributed by atoms with van der Waals surface area (Å²) >= 11 is 4.26. The summed E-state index contributed by atoms with van der Waals surface area (Å²) in [5.74, 6) is -3.80. The van der Waals surface area contributed by atoms with Crippen LogP contribution in [0, 0.1) is 0 Å². The molecular weight excluding hydrogens is 342 g/mol. The summed E-state index contributed by atoms with van der Waals surface area (Å²) in [6.07, 6.45) is 0.801. The summed E-state index contributed by atoms with van der Waals surface area (Å²) in [4.78, 5) is 32.7. The molecule has 102 valence electrons. The first-order chi connectivity index (χ1) is 8.86. The molecule has 0 saturated heterocycles. The highest BCUT2D eigenvalue weighted by Gasteiger charge is 2.18. The van der Waals surface area contributed by atoms with E-state index < -0.39 is 23.5 Å². The molecule has 0 spiro atoms. The molecule has 0 bridgehead atoms. The molecule has 9 heteroatoms. The number of carbonyl (C=O) groups excluding carboxylic acids is 1. The maximum absolute atomic E-state index is 11.4. The molecule has 0 aliphatic carbocycles. The zero-order valence-electron chi connectivity index (χ0n) is 9.47. The van der Waals surface area contributed by atoms with Gasteiger partial charge in [-0.15, -0.1) is 11.3 Å². The van der Waals surface area contributed by atoms with Crippen molar-refractivity contribution in [3.8, 4) is 0 Å². The van der Waals surface area contributed by atoms with E-state index in [-0.39, 0.29) is 10.6 Å². The zero-order chi connectivity index (χ0) is 14.6. The fourth-order valence-corrected chi connectivity index (χ4v) is 2.54. The molecule has 0 saturated carbocycles. The van der Waals surface area contributed by atoms with E-state index in [1.54, 1.807) is 0 Å². The highest BCUT2D eigenvalue weighted by atomic mass is 79.9. The molecule has 3 N–H and O–H groups in total. The van der Waals surface area contributed by atoms with Gasteiger partial charge in [0.25, 0.3) is 0 Å². The number of halogens is 1. The number of carbonyl (C=O) groups is 3. The second-order valence-corrected chi connectivity index (χ2v) is 5.53. The predicted octanol–water partition coefficient (Wildman–Crippen LogP) is 1.76. The van der Waals surface area contributed by atoms with E-state index in [1.807, 2.05) is 0 Å². The summed E-state index contributed by atoms with van der Waals surface area (Å²) in [6.45, 7) is 0. The molecule has 19 heavy (non-hydrogen) atoms. The van der Waals surface area contributed by atoms with E-state index in [0.717, 1.165) is 17.5 Å². The Balaban J connectivity index is 3.06. The van der Waals surface area contributed by atoms with Crippen LogP contribution in [0.5, 0.6) is 0 Å². The van der Waals surface area contributed by atoms with Crippen molar-refractivity contribution < 1.29 is 29.3 Å². The second kappa shape index (κ2) is 6.34. The molecule has 0 fully saturated rings. The summed E-state index contributed by atoms with van der Waals surface area (Å²) in [5, 5.41) is 20.1. The van der Waals surface area contributed by atoms with Crippen LogP contribution in [0.25, 0.3) is 0 Å². The molecule has 1 aromatic rings. The smallest absolute Gasteiger partial charge is 0.344 e. The van der Waals surface area contributed by atoms with E-state index in [4.69, 9.17) is 10.2 Å². The fraction of sp³-hybridized carbons (Fsp3) is 0.100. The highest BCUT2D eigenvalue weighted by molar-refractivity contribution is 9.11. The van der Waals surface area contributed by atoms with Gasteiger partial charge in [0.15, 0.2) is 5.57 Å². The topological polar surface area (TPSA) is 113 Å². The Morgan fingerprint density at radius 2 is 1.95 bits per heavy atom. The van der Waals surface area contributed by atoms with Crippen LogP contribution in [-0.4, -0.2) is 35.2 Å². The summed E-state index contributed by atoms with van der Waals surface area (Å²) in [6, 6.07) is 1.48. The minimum Gasteiger partial charge on any atom is -0.477 e. The molecule has 0 unspecified atom stereocenters. The summed E-state index contributed by atoms with van der Waals surface area (Å²) in [5.41, 5.74) is -0.675. The molecule has 7 nitrogen and oxygen atoms in total. The van der Waals surface area contributed by atoms with Gasteiger partial charge >= 0.3 is 17.9 Å². The number of methoxy groups -OCH3 is 1. The van der Waals surface area contributed by atoms with Crippen molar-refractivity contribution in [2.45, 2.75) is 0 Å². The lowest BCUT2D eigenvalue weighted by Crippen LogP contribution is -2.13. The van der Waals surface area contributed by atoms with E-state index in [2.05, 4.69) is 26.0 Å². The van der Waals surface area contributed by atoms with Gasteiger partial charge in [0.1, 0.15) is 5.00 Å². The van der Waals surface area contributed by atoms with Crippen molar-refractivity contribution in [3.63, 3.8) is 0 Å². The van der Waals surface area contributed by atoms with E-state index >= 15 is 0 Å².